The van der Waals surface area contributed by atoms with Crippen molar-refractivity contribution in [2.75, 3.05) is 39.6 Å². The fraction of sp³-hybridized carbons (Fsp3) is 0.952. The Morgan fingerprint density at radius 3 is 0.745 bits per heavy atom. The predicted octanol–water partition coefficient (Wildman–Crippen LogP) is 24.9. The van der Waals surface area contributed by atoms with Crippen LogP contribution in [0.3, 0.4) is 0 Å². The van der Waals surface area contributed by atoms with Crippen molar-refractivity contribution in [3.8, 4) is 0 Å². The fourth-order valence-electron chi connectivity index (χ4n) is 12.8. The zero-order valence-corrected chi connectivity index (χ0v) is 68.9. The third kappa shape index (κ3) is 73.6. The van der Waals surface area contributed by atoms with Crippen LogP contribution in [-0.4, -0.2) is 96.7 Å². The summed E-state index contributed by atoms with van der Waals surface area (Å²) < 4.78 is 68.7. The summed E-state index contributed by atoms with van der Waals surface area (Å²) >= 11 is 0. The number of carbonyl (C=O) groups excluding carboxylic acids is 4. The first-order valence-electron chi connectivity index (χ1n) is 42.9. The van der Waals surface area contributed by atoms with Gasteiger partial charge in [0.25, 0.3) is 0 Å². The molecule has 0 spiro atoms. The second-order valence-corrected chi connectivity index (χ2v) is 33.7. The van der Waals surface area contributed by atoms with Crippen molar-refractivity contribution in [1.29, 1.82) is 0 Å². The van der Waals surface area contributed by atoms with Crippen molar-refractivity contribution >= 4 is 39.5 Å². The molecule has 0 aromatic heterocycles. The van der Waals surface area contributed by atoms with Gasteiger partial charge in [-0.3, -0.25) is 37.3 Å². The second-order valence-electron chi connectivity index (χ2n) is 30.8. The molecule has 102 heavy (non-hydrogen) atoms. The van der Waals surface area contributed by atoms with E-state index in [-0.39, 0.29) is 25.7 Å². The smallest absolute Gasteiger partial charge is 0.462 e. The summed E-state index contributed by atoms with van der Waals surface area (Å²) in [6, 6.07) is 0. The Morgan fingerprint density at radius 2 is 0.500 bits per heavy atom. The van der Waals surface area contributed by atoms with Crippen molar-refractivity contribution in [3.05, 3.63) is 0 Å². The highest BCUT2D eigenvalue weighted by Gasteiger charge is 2.30. The van der Waals surface area contributed by atoms with E-state index in [0.717, 1.165) is 108 Å². The average molecular weight is 1490 g/mol. The molecule has 0 rings (SSSR count). The van der Waals surface area contributed by atoms with Crippen molar-refractivity contribution in [2.45, 2.75) is 452 Å². The minimum Gasteiger partial charge on any atom is -0.462 e. The van der Waals surface area contributed by atoms with E-state index < -0.39 is 97.5 Å². The summed E-state index contributed by atoms with van der Waals surface area (Å²) in [5.41, 5.74) is 0. The van der Waals surface area contributed by atoms with Crippen LogP contribution in [0.4, 0.5) is 0 Å². The van der Waals surface area contributed by atoms with E-state index in [1.165, 1.54) is 244 Å². The molecule has 0 aromatic carbocycles. The van der Waals surface area contributed by atoms with Crippen LogP contribution in [0.1, 0.15) is 434 Å². The molecular weight excluding hydrogens is 1330 g/mol. The van der Waals surface area contributed by atoms with Crippen LogP contribution in [0.25, 0.3) is 0 Å². The van der Waals surface area contributed by atoms with Crippen molar-refractivity contribution in [1.82, 2.24) is 0 Å². The minimum atomic E-state index is -4.96. The van der Waals surface area contributed by atoms with E-state index in [9.17, 15) is 43.2 Å². The van der Waals surface area contributed by atoms with Crippen molar-refractivity contribution < 1.29 is 80.2 Å². The topological polar surface area (TPSA) is 237 Å². The van der Waals surface area contributed by atoms with Gasteiger partial charge >= 0.3 is 39.5 Å². The van der Waals surface area contributed by atoms with Crippen molar-refractivity contribution in [2.24, 2.45) is 17.8 Å². The maximum Gasteiger partial charge on any atom is 0.472 e. The zero-order chi connectivity index (χ0) is 75.1. The van der Waals surface area contributed by atoms with E-state index >= 15 is 0 Å². The zero-order valence-electron chi connectivity index (χ0n) is 67.1. The lowest BCUT2D eigenvalue weighted by molar-refractivity contribution is -0.161. The first-order chi connectivity index (χ1) is 49.3. The number of rotatable bonds is 81. The summed E-state index contributed by atoms with van der Waals surface area (Å²) in [6.07, 6.45) is 62.4. The van der Waals surface area contributed by atoms with Gasteiger partial charge in [0.2, 0.25) is 0 Å². The first kappa shape index (κ1) is 100. The maximum atomic E-state index is 13.1. The lowest BCUT2D eigenvalue weighted by Gasteiger charge is -2.21. The number of esters is 4. The third-order valence-electron chi connectivity index (χ3n) is 20.1. The summed E-state index contributed by atoms with van der Waals surface area (Å²) in [7, 11) is -9.92. The Labute approximate surface area is 626 Å². The SMILES string of the molecule is CCCCCCCCCCCCCC(=O)OC[C@H](COP(=O)(O)OC[C@H](O)COP(=O)(O)OC[C@@H](COC(=O)CCCCCCCCCCCCCCCCC(C)CC)OC(=O)CCCCCCCCCCCCCCCCCCCCC(C)CC)OC(=O)CCCCCCCCCCC(C)C. The molecule has 0 amide bonds. The summed E-state index contributed by atoms with van der Waals surface area (Å²) in [6.45, 7) is 12.0. The molecule has 19 heteroatoms. The Hall–Kier alpha value is -1.94. The molecule has 606 valence electrons. The highest BCUT2D eigenvalue weighted by molar-refractivity contribution is 7.47. The van der Waals surface area contributed by atoms with Gasteiger partial charge in [-0.25, -0.2) is 9.13 Å². The second kappa shape index (κ2) is 73.2. The highest BCUT2D eigenvalue weighted by Crippen LogP contribution is 2.45. The molecule has 0 saturated heterocycles. The predicted molar refractivity (Wildman–Crippen MR) is 418 cm³/mol. The van der Waals surface area contributed by atoms with E-state index in [1.54, 1.807) is 0 Å². The van der Waals surface area contributed by atoms with Crippen molar-refractivity contribution in [3.63, 3.8) is 0 Å². The molecular formula is C83H162O17P2. The molecule has 7 atom stereocenters. The molecule has 0 bridgehead atoms. The van der Waals surface area contributed by atoms with Crippen LogP contribution < -0.4 is 0 Å². The van der Waals surface area contributed by atoms with E-state index in [2.05, 4.69) is 48.5 Å². The summed E-state index contributed by atoms with van der Waals surface area (Å²) in [5.74, 6) is 0.329. The number of hydrogen-bond acceptors (Lipinski definition) is 15. The normalized spacial score (nSPS) is 14.5. The maximum absolute atomic E-state index is 13.1. The van der Waals surface area contributed by atoms with Crippen LogP contribution in [0.2, 0.25) is 0 Å². The molecule has 3 N–H and O–H groups in total. The standard InChI is InChI=1S/C83H162O17P2/c1-8-11-12-13-14-15-28-35-43-50-57-64-80(85)93-71-79(100-83(88)67-60-53-46-39-38-40-47-54-61-74(4)5)73-98-102(91,92)96-69-77(84)68-95-101(89,90)97-72-78(70-94-81(86)65-58-51-44-36-31-26-23-22-25-30-34-42-49-56-63-76(7)10-3)99-82(87)66-59-52-45-37-32-27-21-19-17-16-18-20-24-29-33-41-48-55-62-75(6)9-2/h74-79,84H,8-73H2,1-7H3,(H,89,90)(H,91,92)/t75?,76?,77-,78-,79-/m1/s1. The largest absolute Gasteiger partial charge is 0.472 e. The van der Waals surface area contributed by atoms with Gasteiger partial charge < -0.3 is 33.8 Å². The first-order valence-corrected chi connectivity index (χ1v) is 45.9. The summed E-state index contributed by atoms with van der Waals surface area (Å²) in [5, 5.41) is 10.6. The highest BCUT2D eigenvalue weighted by atomic mass is 31.2. The Balaban J connectivity index is 5.21. The van der Waals surface area contributed by atoms with Gasteiger partial charge in [0.05, 0.1) is 26.4 Å². The van der Waals surface area contributed by atoms with Crippen LogP contribution in [0.15, 0.2) is 0 Å². The number of aliphatic hydroxyl groups is 1. The van der Waals surface area contributed by atoms with Gasteiger partial charge in [0, 0.05) is 25.7 Å². The van der Waals surface area contributed by atoms with Gasteiger partial charge in [-0.05, 0) is 43.4 Å². The fourth-order valence-corrected chi connectivity index (χ4v) is 14.4. The van der Waals surface area contributed by atoms with Gasteiger partial charge in [0.15, 0.2) is 12.2 Å². The van der Waals surface area contributed by atoms with Crippen LogP contribution in [-0.2, 0) is 65.4 Å². The monoisotopic (exact) mass is 1490 g/mol. The van der Waals surface area contributed by atoms with Gasteiger partial charge in [-0.15, -0.1) is 0 Å². The summed E-state index contributed by atoms with van der Waals surface area (Å²) in [4.78, 5) is 73.0. The molecule has 0 aromatic rings. The molecule has 17 nitrogen and oxygen atoms in total. The number of phosphoric acid groups is 2. The number of aliphatic hydroxyl groups excluding tert-OH is 1. The quantitative estimate of drug-likeness (QED) is 0.0222. The lowest BCUT2D eigenvalue weighted by Crippen LogP contribution is -2.30. The molecule has 0 fully saturated rings. The Bertz CT molecular complexity index is 1980. The van der Waals surface area contributed by atoms with Gasteiger partial charge in [-0.2, -0.15) is 0 Å². The van der Waals surface area contributed by atoms with E-state index in [0.29, 0.717) is 25.7 Å². The number of unbranched alkanes of at least 4 members (excludes halogenated alkanes) is 47. The molecule has 4 unspecified atom stereocenters. The molecule has 0 aliphatic heterocycles. The molecule has 0 aliphatic rings. The Kier molecular flexibility index (Phi) is 71.8. The Morgan fingerprint density at radius 1 is 0.284 bits per heavy atom. The van der Waals surface area contributed by atoms with E-state index in [1.807, 2.05) is 0 Å². The number of carbonyl (C=O) groups is 4. The minimum absolute atomic E-state index is 0.105. The van der Waals surface area contributed by atoms with Gasteiger partial charge in [0.1, 0.15) is 19.3 Å². The van der Waals surface area contributed by atoms with Crippen LogP contribution in [0, 0.1) is 17.8 Å². The molecule has 0 radical (unpaired) electrons. The molecule has 0 heterocycles. The lowest BCUT2D eigenvalue weighted by atomic mass is 9.99. The molecule has 0 saturated carbocycles. The number of phosphoric ester groups is 2. The van der Waals surface area contributed by atoms with E-state index in [4.69, 9.17) is 37.0 Å². The number of ether oxygens (including phenoxy) is 4. The van der Waals surface area contributed by atoms with Gasteiger partial charge in [-0.1, -0.05) is 382 Å². The average Bonchev–Trinajstić information content (AvgIpc) is 0.921. The number of hydrogen-bond donors (Lipinski definition) is 3. The van der Waals surface area contributed by atoms with Crippen LogP contribution in [0.5, 0.6) is 0 Å². The van der Waals surface area contributed by atoms with Crippen LogP contribution >= 0.6 is 15.6 Å². The third-order valence-corrected chi connectivity index (χ3v) is 22.0. The molecule has 0 aliphatic carbocycles.